The second kappa shape index (κ2) is 5.52. The molecule has 116 valence electrons. The molecule has 1 aromatic heterocycles. The van der Waals surface area contributed by atoms with E-state index >= 15 is 0 Å². The number of likely N-dealkylation sites (tertiary alicyclic amines) is 2. The summed E-state index contributed by atoms with van der Waals surface area (Å²) in [7, 11) is 2.28. The van der Waals surface area contributed by atoms with E-state index in [1.165, 1.54) is 37.2 Å². The summed E-state index contributed by atoms with van der Waals surface area (Å²) in [5.74, 6) is 0.883. The molecule has 4 rings (SSSR count). The third kappa shape index (κ3) is 2.46. The van der Waals surface area contributed by atoms with Gasteiger partial charge in [-0.2, -0.15) is 5.10 Å². The SMILES string of the molecule is Cc1cc(-n2cccn2)ccc1CN1C[C@H]2CCN(C)[C@H]2C1. The number of hydrogen-bond acceptors (Lipinski definition) is 3. The summed E-state index contributed by atoms with van der Waals surface area (Å²) in [4.78, 5) is 5.17. The lowest BCUT2D eigenvalue weighted by atomic mass is 10.1. The van der Waals surface area contributed by atoms with Gasteiger partial charge in [-0.1, -0.05) is 6.07 Å². The van der Waals surface area contributed by atoms with Crippen LogP contribution in [0.2, 0.25) is 0 Å². The maximum atomic E-state index is 4.31. The topological polar surface area (TPSA) is 24.3 Å². The Bertz CT molecular complexity index is 649. The fourth-order valence-corrected chi connectivity index (χ4v) is 4.05. The lowest BCUT2D eigenvalue weighted by Gasteiger charge is -2.21. The van der Waals surface area contributed by atoms with Gasteiger partial charge in [0.05, 0.1) is 5.69 Å². The third-order valence-corrected chi connectivity index (χ3v) is 5.39. The fraction of sp³-hybridized carbons (Fsp3) is 0.500. The summed E-state index contributed by atoms with van der Waals surface area (Å²) in [5, 5.41) is 4.31. The Morgan fingerprint density at radius 3 is 2.91 bits per heavy atom. The molecule has 0 amide bonds. The van der Waals surface area contributed by atoms with Crippen molar-refractivity contribution in [1.29, 1.82) is 0 Å². The van der Waals surface area contributed by atoms with Gasteiger partial charge in [-0.05, 0) is 62.2 Å². The van der Waals surface area contributed by atoms with E-state index in [1.54, 1.807) is 0 Å². The summed E-state index contributed by atoms with van der Waals surface area (Å²) in [6, 6.07) is 9.43. The maximum absolute atomic E-state index is 4.31. The quantitative estimate of drug-likeness (QED) is 0.869. The summed E-state index contributed by atoms with van der Waals surface area (Å²) < 4.78 is 1.92. The van der Waals surface area contributed by atoms with Gasteiger partial charge in [-0.25, -0.2) is 4.68 Å². The number of benzene rings is 1. The van der Waals surface area contributed by atoms with Gasteiger partial charge >= 0.3 is 0 Å². The van der Waals surface area contributed by atoms with Gasteiger partial charge in [0.1, 0.15) is 0 Å². The summed E-state index contributed by atoms with van der Waals surface area (Å²) in [6.07, 6.45) is 5.18. The molecule has 2 saturated heterocycles. The van der Waals surface area contributed by atoms with Gasteiger partial charge in [0, 0.05) is 38.1 Å². The molecule has 2 fully saturated rings. The zero-order chi connectivity index (χ0) is 15.1. The molecule has 2 atom stereocenters. The lowest BCUT2D eigenvalue weighted by Crippen LogP contribution is -2.32. The summed E-state index contributed by atoms with van der Waals surface area (Å²) in [6.45, 7) is 7.05. The summed E-state index contributed by atoms with van der Waals surface area (Å²) >= 11 is 0. The van der Waals surface area contributed by atoms with Crippen LogP contribution in [0.25, 0.3) is 5.69 Å². The number of aryl methyl sites for hydroxylation is 1. The van der Waals surface area contributed by atoms with Gasteiger partial charge < -0.3 is 4.90 Å². The third-order valence-electron chi connectivity index (χ3n) is 5.39. The van der Waals surface area contributed by atoms with Crippen LogP contribution in [0.3, 0.4) is 0 Å². The van der Waals surface area contributed by atoms with Crippen molar-refractivity contribution >= 4 is 0 Å². The molecule has 0 bridgehead atoms. The van der Waals surface area contributed by atoms with Crippen LogP contribution in [0.1, 0.15) is 17.5 Å². The first-order valence-electron chi connectivity index (χ1n) is 8.23. The molecule has 2 aliphatic rings. The largest absolute Gasteiger partial charge is 0.302 e. The van der Waals surface area contributed by atoms with Crippen LogP contribution in [0.15, 0.2) is 36.7 Å². The van der Waals surface area contributed by atoms with Crippen molar-refractivity contribution in [1.82, 2.24) is 19.6 Å². The van der Waals surface area contributed by atoms with E-state index in [9.17, 15) is 0 Å². The number of rotatable bonds is 3. The number of hydrogen-bond donors (Lipinski definition) is 0. The first-order chi connectivity index (χ1) is 10.7. The molecule has 0 radical (unpaired) electrons. The van der Waals surface area contributed by atoms with Crippen molar-refractivity contribution in [2.24, 2.45) is 5.92 Å². The molecule has 0 N–H and O–H groups in total. The molecular formula is C18H24N4. The lowest BCUT2D eigenvalue weighted by molar-refractivity contribution is 0.255. The molecule has 3 heterocycles. The molecule has 4 heteroatoms. The Morgan fingerprint density at radius 2 is 2.18 bits per heavy atom. The number of aromatic nitrogens is 2. The standard InChI is InChI=1S/C18H24N4/c1-14-10-17(22-8-3-7-19-22)5-4-15(14)11-21-12-16-6-9-20(2)18(16)13-21/h3-5,7-8,10,16,18H,6,9,11-13H2,1-2H3/t16-,18+/m1/s1. The van der Waals surface area contributed by atoms with Gasteiger partial charge in [0.2, 0.25) is 0 Å². The van der Waals surface area contributed by atoms with E-state index in [0.717, 1.165) is 24.2 Å². The normalized spacial score (nSPS) is 25.7. The molecule has 2 aliphatic heterocycles. The van der Waals surface area contributed by atoms with Crippen molar-refractivity contribution in [3.05, 3.63) is 47.8 Å². The van der Waals surface area contributed by atoms with Crippen LogP contribution in [0.5, 0.6) is 0 Å². The van der Waals surface area contributed by atoms with Crippen LogP contribution >= 0.6 is 0 Å². The van der Waals surface area contributed by atoms with E-state index < -0.39 is 0 Å². The zero-order valence-electron chi connectivity index (χ0n) is 13.4. The first-order valence-corrected chi connectivity index (χ1v) is 8.23. The predicted molar refractivity (Wildman–Crippen MR) is 88.1 cm³/mol. The van der Waals surface area contributed by atoms with Crippen molar-refractivity contribution < 1.29 is 0 Å². The van der Waals surface area contributed by atoms with Crippen LogP contribution < -0.4 is 0 Å². The first kappa shape index (κ1) is 14.0. The van der Waals surface area contributed by atoms with Crippen molar-refractivity contribution in [2.45, 2.75) is 25.9 Å². The molecule has 0 saturated carbocycles. The number of likely N-dealkylation sites (N-methyl/N-ethyl adjacent to an activating group) is 1. The number of nitrogens with zero attached hydrogens (tertiary/aromatic N) is 4. The Balaban J connectivity index is 1.48. The van der Waals surface area contributed by atoms with Crippen LogP contribution in [0.4, 0.5) is 0 Å². The molecule has 0 aliphatic carbocycles. The summed E-state index contributed by atoms with van der Waals surface area (Å²) in [5.41, 5.74) is 3.95. The Hall–Kier alpha value is -1.65. The smallest absolute Gasteiger partial charge is 0.0648 e. The highest BCUT2D eigenvalue weighted by Gasteiger charge is 2.39. The molecule has 22 heavy (non-hydrogen) atoms. The van der Waals surface area contributed by atoms with Crippen LogP contribution in [-0.2, 0) is 6.54 Å². The molecule has 1 aromatic carbocycles. The highest BCUT2D eigenvalue weighted by Crippen LogP contribution is 2.31. The van der Waals surface area contributed by atoms with Gasteiger partial charge in [-0.3, -0.25) is 4.90 Å². The van der Waals surface area contributed by atoms with E-state index in [4.69, 9.17) is 0 Å². The van der Waals surface area contributed by atoms with Gasteiger partial charge in [-0.15, -0.1) is 0 Å². The van der Waals surface area contributed by atoms with E-state index in [0.29, 0.717) is 0 Å². The van der Waals surface area contributed by atoms with Crippen LogP contribution in [0, 0.1) is 12.8 Å². The minimum atomic E-state index is 0.781. The average Bonchev–Trinajstić information content (AvgIpc) is 3.21. The van der Waals surface area contributed by atoms with E-state index in [2.05, 4.69) is 47.1 Å². The second-order valence-corrected chi connectivity index (χ2v) is 6.85. The molecule has 0 spiro atoms. The molecule has 2 aromatic rings. The second-order valence-electron chi connectivity index (χ2n) is 6.85. The van der Waals surface area contributed by atoms with Crippen molar-refractivity contribution in [3.63, 3.8) is 0 Å². The van der Waals surface area contributed by atoms with Crippen molar-refractivity contribution in [2.75, 3.05) is 26.7 Å². The zero-order valence-corrected chi connectivity index (χ0v) is 13.4. The number of fused-ring (bicyclic) bond motifs is 1. The Labute approximate surface area is 132 Å². The Kier molecular flexibility index (Phi) is 3.51. The fourth-order valence-electron chi connectivity index (χ4n) is 4.05. The highest BCUT2D eigenvalue weighted by atomic mass is 15.3. The maximum Gasteiger partial charge on any atom is 0.0648 e. The van der Waals surface area contributed by atoms with Crippen LogP contribution in [-0.4, -0.2) is 52.3 Å². The van der Waals surface area contributed by atoms with Crippen molar-refractivity contribution in [3.8, 4) is 5.69 Å². The molecule has 0 unspecified atom stereocenters. The Morgan fingerprint density at radius 1 is 1.27 bits per heavy atom. The highest BCUT2D eigenvalue weighted by molar-refractivity contribution is 5.39. The predicted octanol–water partition coefficient (Wildman–Crippen LogP) is 2.32. The van der Waals surface area contributed by atoms with Gasteiger partial charge in [0.15, 0.2) is 0 Å². The van der Waals surface area contributed by atoms with Gasteiger partial charge in [0.25, 0.3) is 0 Å². The van der Waals surface area contributed by atoms with E-state index in [-0.39, 0.29) is 0 Å². The molecular weight excluding hydrogens is 272 g/mol. The van der Waals surface area contributed by atoms with E-state index in [1.807, 2.05) is 23.1 Å². The monoisotopic (exact) mass is 296 g/mol. The molecule has 4 nitrogen and oxygen atoms in total. The minimum absolute atomic E-state index is 0.781. The minimum Gasteiger partial charge on any atom is -0.302 e. The average molecular weight is 296 g/mol.